The first-order chi connectivity index (χ1) is 13.0. The van der Waals surface area contributed by atoms with Gasteiger partial charge in [0.25, 0.3) is 0 Å². The molecule has 27 heavy (non-hydrogen) atoms. The summed E-state index contributed by atoms with van der Waals surface area (Å²) in [5, 5.41) is 4.37. The molecule has 0 spiro atoms. The zero-order valence-electron chi connectivity index (χ0n) is 14.8. The number of primary amides is 1. The van der Waals surface area contributed by atoms with Crippen molar-refractivity contribution in [3.05, 3.63) is 77.4 Å². The normalized spacial score (nSPS) is 15.6. The highest BCUT2D eigenvalue weighted by molar-refractivity contribution is 5.94. The molecule has 2 heterocycles. The van der Waals surface area contributed by atoms with E-state index in [1.165, 1.54) is 19.2 Å². The number of rotatable bonds is 4. The van der Waals surface area contributed by atoms with Crippen molar-refractivity contribution >= 4 is 11.7 Å². The summed E-state index contributed by atoms with van der Waals surface area (Å²) in [7, 11) is 1.50. The van der Waals surface area contributed by atoms with Gasteiger partial charge < -0.3 is 10.5 Å². The molecular formula is C20H19FN4O2. The maximum Gasteiger partial charge on any atom is 0.319 e. The van der Waals surface area contributed by atoms with E-state index >= 15 is 0 Å². The summed E-state index contributed by atoms with van der Waals surface area (Å²) >= 11 is 0. The number of urea groups is 1. The Hall–Kier alpha value is -3.35. The molecule has 0 saturated carbocycles. The summed E-state index contributed by atoms with van der Waals surface area (Å²) in [6.07, 6.45) is 4.27. The SMILES string of the molecule is COc1cc(F)cc(Cn2cc(C3Cc4ccccc4N3C(N)=O)cn2)c1. The summed E-state index contributed by atoms with van der Waals surface area (Å²) in [5.74, 6) is 0.103. The number of carbonyl (C=O) groups is 1. The van der Waals surface area contributed by atoms with E-state index in [4.69, 9.17) is 10.5 Å². The van der Waals surface area contributed by atoms with Crippen LogP contribution in [0.4, 0.5) is 14.9 Å². The molecule has 1 aromatic heterocycles. The highest BCUT2D eigenvalue weighted by Gasteiger charge is 2.34. The number of ether oxygens (including phenoxy) is 1. The second-order valence-electron chi connectivity index (χ2n) is 6.53. The molecule has 2 N–H and O–H groups in total. The topological polar surface area (TPSA) is 73.4 Å². The fraction of sp³-hybridized carbons (Fsp3) is 0.200. The molecule has 2 aromatic carbocycles. The van der Waals surface area contributed by atoms with E-state index in [1.54, 1.807) is 21.8 Å². The lowest BCUT2D eigenvalue weighted by molar-refractivity contribution is 0.252. The molecule has 1 unspecified atom stereocenters. The highest BCUT2D eigenvalue weighted by atomic mass is 19.1. The smallest absolute Gasteiger partial charge is 0.319 e. The van der Waals surface area contributed by atoms with Gasteiger partial charge in [0.15, 0.2) is 0 Å². The molecule has 3 aromatic rings. The van der Waals surface area contributed by atoms with E-state index in [1.807, 2.05) is 30.5 Å². The summed E-state index contributed by atoms with van der Waals surface area (Å²) in [5.41, 5.74) is 9.15. The molecule has 0 radical (unpaired) electrons. The zero-order chi connectivity index (χ0) is 19.0. The Bertz CT molecular complexity index is 1000. The van der Waals surface area contributed by atoms with Crippen LogP contribution in [0, 0.1) is 5.82 Å². The third-order valence-corrected chi connectivity index (χ3v) is 4.76. The Kier molecular flexibility index (Phi) is 4.27. The molecule has 2 amide bonds. The molecule has 6 nitrogen and oxygen atoms in total. The summed E-state index contributed by atoms with van der Waals surface area (Å²) in [6, 6.07) is 11.6. The standard InChI is InChI=1S/C20H19FN4O2/c1-27-17-7-13(6-16(21)9-17)11-24-12-15(10-23-24)19-8-14-4-2-3-5-18(14)25(19)20(22)26/h2-7,9-10,12,19H,8,11H2,1H3,(H2,22,26). The number of aromatic nitrogens is 2. The van der Waals surface area contributed by atoms with Crippen LogP contribution in [0.25, 0.3) is 0 Å². The Morgan fingerprint density at radius 3 is 2.93 bits per heavy atom. The van der Waals surface area contributed by atoms with Crippen molar-refractivity contribution < 1.29 is 13.9 Å². The van der Waals surface area contributed by atoms with Crippen LogP contribution in [0.1, 0.15) is 22.7 Å². The van der Waals surface area contributed by atoms with E-state index in [2.05, 4.69) is 5.10 Å². The quantitative estimate of drug-likeness (QED) is 0.770. The lowest BCUT2D eigenvalue weighted by Gasteiger charge is -2.22. The number of halogens is 1. The van der Waals surface area contributed by atoms with Gasteiger partial charge in [0.2, 0.25) is 0 Å². The lowest BCUT2D eigenvalue weighted by atomic mass is 10.1. The van der Waals surface area contributed by atoms with Gasteiger partial charge in [0, 0.05) is 23.5 Å². The molecular weight excluding hydrogens is 347 g/mol. The monoisotopic (exact) mass is 366 g/mol. The van der Waals surface area contributed by atoms with E-state index in [9.17, 15) is 9.18 Å². The van der Waals surface area contributed by atoms with Crippen molar-refractivity contribution in [3.8, 4) is 5.75 Å². The van der Waals surface area contributed by atoms with Gasteiger partial charge in [-0.3, -0.25) is 9.58 Å². The van der Waals surface area contributed by atoms with E-state index in [0.29, 0.717) is 18.7 Å². The van der Waals surface area contributed by atoms with Crippen LogP contribution in [0.5, 0.6) is 5.75 Å². The number of benzene rings is 2. The number of nitrogens with two attached hydrogens (primary N) is 1. The van der Waals surface area contributed by atoms with Gasteiger partial charge in [-0.2, -0.15) is 5.10 Å². The number of para-hydroxylation sites is 1. The lowest BCUT2D eigenvalue weighted by Crippen LogP contribution is -2.36. The van der Waals surface area contributed by atoms with Gasteiger partial charge in [-0.15, -0.1) is 0 Å². The van der Waals surface area contributed by atoms with Crippen LogP contribution in [0.2, 0.25) is 0 Å². The van der Waals surface area contributed by atoms with Crippen LogP contribution >= 0.6 is 0 Å². The number of amides is 2. The minimum absolute atomic E-state index is 0.198. The van der Waals surface area contributed by atoms with Gasteiger partial charge >= 0.3 is 6.03 Å². The van der Waals surface area contributed by atoms with E-state index < -0.39 is 6.03 Å². The number of nitrogens with zero attached hydrogens (tertiary/aromatic N) is 3. The molecule has 0 saturated heterocycles. The predicted octanol–water partition coefficient (Wildman–Crippen LogP) is 3.26. The van der Waals surface area contributed by atoms with Gasteiger partial charge in [-0.05, 0) is 35.7 Å². The van der Waals surface area contributed by atoms with Crippen molar-refractivity contribution in [2.24, 2.45) is 5.73 Å². The second kappa shape index (κ2) is 6.75. The average Bonchev–Trinajstić information content (AvgIpc) is 3.25. The van der Waals surface area contributed by atoms with E-state index in [-0.39, 0.29) is 11.9 Å². The molecule has 0 aliphatic carbocycles. The zero-order valence-corrected chi connectivity index (χ0v) is 14.8. The Morgan fingerprint density at radius 2 is 2.15 bits per heavy atom. The average molecular weight is 366 g/mol. The Morgan fingerprint density at radius 1 is 1.33 bits per heavy atom. The van der Waals surface area contributed by atoms with Crippen LogP contribution in [-0.2, 0) is 13.0 Å². The first-order valence-electron chi connectivity index (χ1n) is 8.57. The molecule has 138 valence electrons. The third-order valence-electron chi connectivity index (χ3n) is 4.76. The third kappa shape index (κ3) is 3.23. The van der Waals surface area contributed by atoms with Crippen molar-refractivity contribution in [3.63, 3.8) is 0 Å². The van der Waals surface area contributed by atoms with Crippen molar-refractivity contribution in [1.82, 2.24) is 9.78 Å². The van der Waals surface area contributed by atoms with Gasteiger partial charge in [0.05, 0.1) is 25.9 Å². The van der Waals surface area contributed by atoms with Crippen LogP contribution < -0.4 is 15.4 Å². The first-order valence-corrected chi connectivity index (χ1v) is 8.57. The molecule has 0 bridgehead atoms. The second-order valence-corrected chi connectivity index (χ2v) is 6.53. The number of hydrogen-bond donors (Lipinski definition) is 1. The van der Waals surface area contributed by atoms with Crippen molar-refractivity contribution in [2.75, 3.05) is 12.0 Å². The Labute approximate surface area is 156 Å². The number of fused-ring (bicyclic) bond motifs is 1. The van der Waals surface area contributed by atoms with Crippen molar-refractivity contribution in [2.45, 2.75) is 19.0 Å². The maximum atomic E-state index is 13.7. The van der Waals surface area contributed by atoms with Crippen molar-refractivity contribution in [1.29, 1.82) is 0 Å². The Balaban J connectivity index is 1.60. The molecule has 7 heteroatoms. The molecule has 4 rings (SSSR count). The van der Waals surface area contributed by atoms with Crippen LogP contribution in [0.15, 0.2) is 54.9 Å². The summed E-state index contributed by atoms with van der Waals surface area (Å²) in [4.78, 5) is 13.6. The predicted molar refractivity (Wildman–Crippen MR) is 99.2 cm³/mol. The fourth-order valence-corrected chi connectivity index (χ4v) is 3.58. The fourth-order valence-electron chi connectivity index (χ4n) is 3.58. The van der Waals surface area contributed by atoms with Crippen LogP contribution in [-0.4, -0.2) is 22.9 Å². The molecule has 1 aliphatic heterocycles. The first kappa shape index (κ1) is 17.1. The number of carbonyl (C=O) groups excluding carboxylic acids is 1. The minimum Gasteiger partial charge on any atom is -0.497 e. The molecule has 1 atom stereocenters. The van der Waals surface area contributed by atoms with Crippen LogP contribution in [0.3, 0.4) is 0 Å². The minimum atomic E-state index is -0.493. The number of methoxy groups -OCH3 is 1. The summed E-state index contributed by atoms with van der Waals surface area (Å²) in [6.45, 7) is 0.393. The van der Waals surface area contributed by atoms with E-state index in [0.717, 1.165) is 22.4 Å². The highest BCUT2D eigenvalue weighted by Crippen LogP contribution is 2.39. The van der Waals surface area contributed by atoms with Gasteiger partial charge in [-0.1, -0.05) is 18.2 Å². The van der Waals surface area contributed by atoms with Gasteiger partial charge in [0.1, 0.15) is 11.6 Å². The number of anilines is 1. The molecule has 0 fully saturated rings. The van der Waals surface area contributed by atoms with Gasteiger partial charge in [-0.25, -0.2) is 9.18 Å². The largest absolute Gasteiger partial charge is 0.497 e. The maximum absolute atomic E-state index is 13.7. The number of hydrogen-bond acceptors (Lipinski definition) is 3. The molecule has 1 aliphatic rings. The summed E-state index contributed by atoms with van der Waals surface area (Å²) < 4.78 is 20.5.